The minimum Gasteiger partial charge on any atom is -0.450 e. The summed E-state index contributed by atoms with van der Waals surface area (Å²) >= 11 is 0. The highest BCUT2D eigenvalue weighted by Crippen LogP contribution is 2.12. The molecule has 0 atom stereocenters. The maximum absolute atomic E-state index is 5.52. The molecule has 0 aliphatic rings. The van der Waals surface area contributed by atoms with E-state index in [2.05, 4.69) is 36.1 Å². The van der Waals surface area contributed by atoms with Crippen LogP contribution in [0.5, 0.6) is 6.08 Å². The summed E-state index contributed by atoms with van der Waals surface area (Å²) in [5, 5.41) is 3.36. The lowest BCUT2D eigenvalue weighted by atomic mass is 10.1. The molecular weight excluding hydrogens is 266 g/mol. The fourth-order valence-electron chi connectivity index (χ4n) is 1.78. The molecule has 0 fully saturated rings. The number of nitrogens with one attached hydrogen (secondary N) is 1. The number of pyridine rings is 1. The minimum absolute atomic E-state index is 0.0600. The highest BCUT2D eigenvalue weighted by atomic mass is 16.6. The molecule has 0 amide bonds. The Morgan fingerprint density at radius 2 is 2.00 bits per heavy atom. The first-order chi connectivity index (χ1) is 10.0. The van der Waals surface area contributed by atoms with Crippen molar-refractivity contribution in [3.8, 4) is 6.08 Å². The van der Waals surface area contributed by atoms with Crippen LogP contribution in [0.1, 0.15) is 38.4 Å². The van der Waals surface area contributed by atoms with Gasteiger partial charge in [0.05, 0.1) is 12.3 Å². The van der Waals surface area contributed by atoms with Gasteiger partial charge in [0.15, 0.2) is 0 Å². The number of aryl methyl sites for hydroxylation is 1. The molecule has 0 aliphatic heterocycles. The molecule has 2 aromatic rings. The van der Waals surface area contributed by atoms with Gasteiger partial charge in [-0.3, -0.25) is 4.98 Å². The fourth-order valence-corrected chi connectivity index (χ4v) is 1.78. The van der Waals surface area contributed by atoms with Crippen LogP contribution < -0.4 is 10.1 Å². The molecular formula is C16H23N3O2. The van der Waals surface area contributed by atoms with E-state index in [1.165, 1.54) is 5.56 Å². The molecule has 0 spiro atoms. The summed E-state index contributed by atoms with van der Waals surface area (Å²) in [6, 6.07) is 4.03. The molecule has 1 N–H and O–H groups in total. The van der Waals surface area contributed by atoms with E-state index in [1.807, 2.05) is 12.1 Å². The number of hydrogen-bond donors (Lipinski definition) is 1. The van der Waals surface area contributed by atoms with E-state index in [4.69, 9.17) is 9.15 Å². The lowest BCUT2D eigenvalue weighted by Crippen LogP contribution is -2.35. The van der Waals surface area contributed by atoms with Gasteiger partial charge in [0, 0.05) is 24.5 Å². The number of oxazole rings is 1. The van der Waals surface area contributed by atoms with Crippen molar-refractivity contribution < 1.29 is 9.15 Å². The second kappa shape index (κ2) is 7.22. The van der Waals surface area contributed by atoms with E-state index in [0.29, 0.717) is 19.2 Å². The van der Waals surface area contributed by atoms with Crippen LogP contribution in [0.4, 0.5) is 0 Å². The largest absolute Gasteiger partial charge is 0.450 e. The van der Waals surface area contributed by atoms with Crippen LogP contribution >= 0.6 is 0 Å². The summed E-state index contributed by atoms with van der Waals surface area (Å²) in [6.07, 6.45) is 7.47. The quantitative estimate of drug-likeness (QED) is 0.794. The van der Waals surface area contributed by atoms with Gasteiger partial charge < -0.3 is 14.5 Å². The van der Waals surface area contributed by atoms with Gasteiger partial charge in [-0.25, -0.2) is 0 Å². The maximum atomic E-state index is 5.52. The van der Waals surface area contributed by atoms with Crippen LogP contribution in [-0.2, 0) is 13.0 Å². The number of nitrogens with zero attached hydrogens (tertiary/aromatic N) is 2. The minimum atomic E-state index is 0.0600. The number of aromatic nitrogens is 2. The predicted molar refractivity (Wildman–Crippen MR) is 81.1 cm³/mol. The first kappa shape index (κ1) is 15.5. The van der Waals surface area contributed by atoms with Crippen molar-refractivity contribution in [1.29, 1.82) is 0 Å². The average Bonchev–Trinajstić information content (AvgIpc) is 2.90. The van der Waals surface area contributed by atoms with Crippen LogP contribution in [0.3, 0.4) is 0 Å². The second-order valence-electron chi connectivity index (χ2n) is 6.02. The van der Waals surface area contributed by atoms with Crippen molar-refractivity contribution in [3.05, 3.63) is 42.0 Å². The maximum Gasteiger partial charge on any atom is 0.393 e. The summed E-state index contributed by atoms with van der Waals surface area (Å²) in [5.41, 5.74) is 2.18. The van der Waals surface area contributed by atoms with Crippen LogP contribution in [0.15, 0.2) is 35.2 Å². The van der Waals surface area contributed by atoms with E-state index in [9.17, 15) is 0 Å². The molecule has 21 heavy (non-hydrogen) atoms. The average molecular weight is 289 g/mol. The van der Waals surface area contributed by atoms with Crippen LogP contribution in [-0.4, -0.2) is 22.1 Å². The SMILES string of the molecule is CC(C)(C)NCc1coc(OCCCc2ccncc2)n1. The van der Waals surface area contributed by atoms with Crippen molar-refractivity contribution >= 4 is 0 Å². The van der Waals surface area contributed by atoms with Gasteiger partial charge in [-0.1, -0.05) is 0 Å². The molecule has 0 saturated carbocycles. The van der Waals surface area contributed by atoms with Gasteiger partial charge in [0.2, 0.25) is 0 Å². The molecule has 0 bridgehead atoms. The fraction of sp³-hybridized carbons (Fsp3) is 0.500. The third-order valence-corrected chi connectivity index (χ3v) is 2.92. The van der Waals surface area contributed by atoms with Crippen molar-refractivity contribution in [2.24, 2.45) is 0 Å². The molecule has 0 aliphatic carbocycles. The summed E-state index contributed by atoms with van der Waals surface area (Å²) in [4.78, 5) is 8.29. The lowest BCUT2D eigenvalue weighted by Gasteiger charge is -2.19. The molecule has 5 heteroatoms. The molecule has 114 valence electrons. The number of rotatable bonds is 7. The Hall–Kier alpha value is -1.88. The van der Waals surface area contributed by atoms with Crippen molar-refractivity contribution in [2.45, 2.75) is 45.7 Å². The normalized spacial score (nSPS) is 11.6. The van der Waals surface area contributed by atoms with Crippen molar-refractivity contribution in [1.82, 2.24) is 15.3 Å². The zero-order valence-corrected chi connectivity index (χ0v) is 12.9. The van der Waals surface area contributed by atoms with E-state index in [0.717, 1.165) is 18.5 Å². The standard InChI is InChI=1S/C16H23N3O2/c1-16(2,3)18-11-14-12-21-15(19-14)20-10-4-5-13-6-8-17-9-7-13/h6-9,12,18H,4-5,10-11H2,1-3H3. The van der Waals surface area contributed by atoms with Gasteiger partial charge in [-0.05, 0) is 51.3 Å². The molecule has 2 heterocycles. The van der Waals surface area contributed by atoms with E-state index in [-0.39, 0.29) is 5.54 Å². The van der Waals surface area contributed by atoms with E-state index >= 15 is 0 Å². The zero-order chi connectivity index (χ0) is 15.1. The van der Waals surface area contributed by atoms with E-state index in [1.54, 1.807) is 18.7 Å². The Morgan fingerprint density at radius 1 is 1.24 bits per heavy atom. The third-order valence-electron chi connectivity index (χ3n) is 2.92. The molecule has 0 aromatic carbocycles. The lowest BCUT2D eigenvalue weighted by molar-refractivity contribution is 0.227. The Balaban J connectivity index is 1.68. The highest BCUT2D eigenvalue weighted by molar-refractivity contribution is 5.09. The van der Waals surface area contributed by atoms with Crippen molar-refractivity contribution in [3.63, 3.8) is 0 Å². The smallest absolute Gasteiger partial charge is 0.393 e. The Kier molecular flexibility index (Phi) is 5.33. The monoisotopic (exact) mass is 289 g/mol. The molecule has 2 rings (SSSR count). The van der Waals surface area contributed by atoms with Gasteiger partial charge >= 0.3 is 6.08 Å². The summed E-state index contributed by atoms with van der Waals surface area (Å²) in [6.45, 7) is 7.61. The molecule has 0 saturated heterocycles. The van der Waals surface area contributed by atoms with Crippen molar-refractivity contribution in [2.75, 3.05) is 6.61 Å². The van der Waals surface area contributed by atoms with Crippen LogP contribution in [0.2, 0.25) is 0 Å². The molecule has 0 radical (unpaired) electrons. The Labute approximate surface area is 125 Å². The van der Waals surface area contributed by atoms with Crippen LogP contribution in [0, 0.1) is 0 Å². The molecule has 5 nitrogen and oxygen atoms in total. The first-order valence-corrected chi connectivity index (χ1v) is 7.24. The summed E-state index contributed by atoms with van der Waals surface area (Å²) in [5.74, 6) is 0. The second-order valence-corrected chi connectivity index (χ2v) is 6.02. The highest BCUT2D eigenvalue weighted by Gasteiger charge is 2.11. The molecule has 2 aromatic heterocycles. The number of ether oxygens (including phenoxy) is 1. The third kappa shape index (κ3) is 5.95. The Bertz CT molecular complexity index is 532. The summed E-state index contributed by atoms with van der Waals surface area (Å²) in [7, 11) is 0. The Morgan fingerprint density at radius 3 is 2.71 bits per heavy atom. The van der Waals surface area contributed by atoms with E-state index < -0.39 is 0 Å². The summed E-state index contributed by atoms with van der Waals surface area (Å²) < 4.78 is 10.8. The van der Waals surface area contributed by atoms with Gasteiger partial charge in [0.1, 0.15) is 6.26 Å². The van der Waals surface area contributed by atoms with Crippen LogP contribution in [0.25, 0.3) is 0 Å². The predicted octanol–water partition coefficient (Wildman–Crippen LogP) is 2.97. The first-order valence-electron chi connectivity index (χ1n) is 7.24. The topological polar surface area (TPSA) is 60.2 Å². The van der Waals surface area contributed by atoms with Gasteiger partial charge in [0.25, 0.3) is 0 Å². The zero-order valence-electron chi connectivity index (χ0n) is 12.9. The van der Waals surface area contributed by atoms with Gasteiger partial charge in [-0.15, -0.1) is 0 Å². The molecule has 0 unspecified atom stereocenters. The number of hydrogen-bond acceptors (Lipinski definition) is 5. The van der Waals surface area contributed by atoms with Gasteiger partial charge in [-0.2, -0.15) is 4.98 Å².